The molecule has 1 atom stereocenters. The molecule has 0 bridgehead atoms. The summed E-state index contributed by atoms with van der Waals surface area (Å²) >= 11 is 0. The average molecular weight is 311 g/mol. The van der Waals surface area contributed by atoms with Crippen molar-refractivity contribution in [2.24, 2.45) is 5.92 Å². The highest BCUT2D eigenvalue weighted by molar-refractivity contribution is 5.94. The van der Waals surface area contributed by atoms with Gasteiger partial charge in [0.2, 0.25) is 0 Å². The minimum absolute atomic E-state index is 0.0331. The van der Waals surface area contributed by atoms with E-state index in [-0.39, 0.29) is 11.9 Å². The van der Waals surface area contributed by atoms with Gasteiger partial charge in [-0.25, -0.2) is 0 Å². The molecule has 0 unspecified atom stereocenters. The molecule has 0 saturated carbocycles. The Balaban J connectivity index is 2.22. The van der Waals surface area contributed by atoms with Crippen molar-refractivity contribution >= 4 is 5.91 Å². The van der Waals surface area contributed by atoms with Gasteiger partial charge in [0, 0.05) is 5.56 Å². The van der Waals surface area contributed by atoms with Crippen molar-refractivity contribution in [3.05, 3.63) is 64.7 Å². The molecule has 3 heteroatoms. The monoisotopic (exact) mass is 311 g/mol. The van der Waals surface area contributed by atoms with Gasteiger partial charge in [0.25, 0.3) is 5.91 Å². The summed E-state index contributed by atoms with van der Waals surface area (Å²) in [7, 11) is 1.65. The lowest BCUT2D eigenvalue weighted by atomic mass is 9.95. The topological polar surface area (TPSA) is 38.3 Å². The second kappa shape index (κ2) is 7.32. The zero-order valence-corrected chi connectivity index (χ0v) is 14.5. The van der Waals surface area contributed by atoms with Gasteiger partial charge in [-0.15, -0.1) is 0 Å². The number of nitrogens with one attached hydrogen (secondary N) is 1. The molecule has 2 aromatic rings. The number of rotatable bonds is 5. The fourth-order valence-electron chi connectivity index (χ4n) is 2.78. The third kappa shape index (κ3) is 4.35. The number of carbonyl (C=O) groups is 1. The van der Waals surface area contributed by atoms with E-state index in [9.17, 15) is 4.79 Å². The third-order valence-corrected chi connectivity index (χ3v) is 3.91. The Morgan fingerprint density at radius 3 is 2.04 bits per heavy atom. The van der Waals surface area contributed by atoms with Crippen molar-refractivity contribution in [3.8, 4) is 5.75 Å². The lowest BCUT2D eigenvalue weighted by molar-refractivity contribution is 0.0925. The molecule has 2 aromatic carbocycles. The Hall–Kier alpha value is -2.29. The minimum atomic E-state index is -0.0358. The summed E-state index contributed by atoms with van der Waals surface area (Å²) in [5, 5.41) is 3.16. The van der Waals surface area contributed by atoms with Crippen molar-refractivity contribution in [2.45, 2.75) is 33.7 Å². The SMILES string of the molecule is COc1ccc([C@H](NC(=O)c2cc(C)cc(C)c2)C(C)C)cc1. The molecular formula is C20H25NO2. The number of carbonyl (C=O) groups excluding carboxylic acids is 1. The number of ether oxygens (including phenoxy) is 1. The van der Waals surface area contributed by atoms with Crippen LogP contribution in [0.4, 0.5) is 0 Å². The second-order valence-corrected chi connectivity index (χ2v) is 6.34. The summed E-state index contributed by atoms with van der Waals surface area (Å²) < 4.78 is 5.20. The van der Waals surface area contributed by atoms with E-state index in [1.165, 1.54) is 0 Å². The van der Waals surface area contributed by atoms with Crippen LogP contribution in [0.25, 0.3) is 0 Å². The van der Waals surface area contributed by atoms with Crippen LogP contribution < -0.4 is 10.1 Å². The Labute approximate surface area is 138 Å². The standard InChI is InChI=1S/C20H25NO2/c1-13(2)19(16-6-8-18(23-5)9-7-16)21-20(22)17-11-14(3)10-15(4)12-17/h6-13,19H,1-5H3,(H,21,22)/t19-/m1/s1. The number of hydrogen-bond donors (Lipinski definition) is 1. The van der Waals surface area contributed by atoms with E-state index in [1.807, 2.05) is 50.2 Å². The van der Waals surface area contributed by atoms with E-state index < -0.39 is 0 Å². The van der Waals surface area contributed by atoms with Crippen LogP contribution >= 0.6 is 0 Å². The van der Waals surface area contributed by atoms with Crippen LogP contribution in [-0.4, -0.2) is 13.0 Å². The van der Waals surface area contributed by atoms with E-state index in [2.05, 4.69) is 25.2 Å². The third-order valence-electron chi connectivity index (χ3n) is 3.91. The van der Waals surface area contributed by atoms with Crippen molar-refractivity contribution in [1.29, 1.82) is 0 Å². The Morgan fingerprint density at radius 1 is 1.00 bits per heavy atom. The first-order valence-electron chi connectivity index (χ1n) is 7.94. The van der Waals surface area contributed by atoms with Crippen LogP contribution in [0.15, 0.2) is 42.5 Å². The predicted molar refractivity (Wildman–Crippen MR) is 94.0 cm³/mol. The quantitative estimate of drug-likeness (QED) is 0.886. The molecule has 3 nitrogen and oxygen atoms in total. The van der Waals surface area contributed by atoms with E-state index in [0.717, 1.165) is 22.4 Å². The highest BCUT2D eigenvalue weighted by Crippen LogP contribution is 2.24. The van der Waals surface area contributed by atoms with Gasteiger partial charge in [0.15, 0.2) is 0 Å². The molecule has 0 aromatic heterocycles. The molecule has 0 aliphatic rings. The maximum Gasteiger partial charge on any atom is 0.251 e. The molecule has 122 valence electrons. The molecule has 0 spiro atoms. The maximum absolute atomic E-state index is 12.6. The van der Waals surface area contributed by atoms with E-state index >= 15 is 0 Å². The Morgan fingerprint density at radius 2 is 1.57 bits per heavy atom. The molecular weight excluding hydrogens is 286 g/mol. The van der Waals surface area contributed by atoms with E-state index in [4.69, 9.17) is 4.74 Å². The number of hydrogen-bond acceptors (Lipinski definition) is 2. The number of amides is 1. The van der Waals surface area contributed by atoms with Gasteiger partial charge >= 0.3 is 0 Å². The van der Waals surface area contributed by atoms with E-state index in [1.54, 1.807) is 7.11 Å². The molecule has 23 heavy (non-hydrogen) atoms. The van der Waals surface area contributed by atoms with Crippen LogP contribution in [0.1, 0.15) is 46.9 Å². The van der Waals surface area contributed by atoms with Gasteiger partial charge in [0.1, 0.15) is 5.75 Å². The second-order valence-electron chi connectivity index (χ2n) is 6.34. The summed E-state index contributed by atoms with van der Waals surface area (Å²) in [4.78, 5) is 12.6. The molecule has 1 N–H and O–H groups in total. The van der Waals surface area contributed by atoms with Gasteiger partial charge in [-0.05, 0) is 49.6 Å². The largest absolute Gasteiger partial charge is 0.497 e. The zero-order chi connectivity index (χ0) is 17.0. The van der Waals surface area contributed by atoms with Gasteiger partial charge in [-0.1, -0.05) is 43.2 Å². The molecule has 0 heterocycles. The summed E-state index contributed by atoms with van der Waals surface area (Å²) in [6.45, 7) is 8.23. The van der Waals surface area contributed by atoms with Gasteiger partial charge in [-0.3, -0.25) is 4.79 Å². The predicted octanol–water partition coefficient (Wildman–Crippen LogP) is 4.44. The molecule has 1 amide bonds. The molecule has 0 aliphatic heterocycles. The van der Waals surface area contributed by atoms with Crippen LogP contribution in [0.5, 0.6) is 5.75 Å². The van der Waals surface area contributed by atoms with Crippen LogP contribution in [0, 0.1) is 19.8 Å². The lowest BCUT2D eigenvalue weighted by Crippen LogP contribution is -2.31. The van der Waals surface area contributed by atoms with E-state index in [0.29, 0.717) is 11.5 Å². The lowest BCUT2D eigenvalue weighted by Gasteiger charge is -2.23. The summed E-state index contributed by atoms with van der Waals surface area (Å²) in [5.41, 5.74) is 3.99. The summed E-state index contributed by atoms with van der Waals surface area (Å²) in [6.07, 6.45) is 0. The smallest absolute Gasteiger partial charge is 0.251 e. The van der Waals surface area contributed by atoms with Gasteiger partial charge < -0.3 is 10.1 Å². The zero-order valence-electron chi connectivity index (χ0n) is 14.5. The molecule has 0 radical (unpaired) electrons. The highest BCUT2D eigenvalue weighted by Gasteiger charge is 2.19. The van der Waals surface area contributed by atoms with Crippen molar-refractivity contribution in [3.63, 3.8) is 0 Å². The van der Waals surface area contributed by atoms with Crippen molar-refractivity contribution < 1.29 is 9.53 Å². The number of benzene rings is 2. The van der Waals surface area contributed by atoms with Crippen LogP contribution in [0.3, 0.4) is 0 Å². The molecule has 0 saturated heterocycles. The van der Waals surface area contributed by atoms with Crippen LogP contribution in [0.2, 0.25) is 0 Å². The average Bonchev–Trinajstić information content (AvgIpc) is 2.51. The molecule has 0 fully saturated rings. The number of methoxy groups -OCH3 is 1. The first kappa shape index (κ1) is 17.1. The maximum atomic E-state index is 12.6. The highest BCUT2D eigenvalue weighted by atomic mass is 16.5. The molecule has 0 aliphatic carbocycles. The first-order chi connectivity index (χ1) is 10.9. The van der Waals surface area contributed by atoms with Crippen molar-refractivity contribution in [2.75, 3.05) is 7.11 Å². The minimum Gasteiger partial charge on any atom is -0.497 e. The Bertz CT molecular complexity index is 654. The van der Waals surface area contributed by atoms with Gasteiger partial charge in [-0.2, -0.15) is 0 Å². The fourth-order valence-corrected chi connectivity index (χ4v) is 2.78. The summed E-state index contributed by atoms with van der Waals surface area (Å²) in [5.74, 6) is 1.07. The number of aryl methyl sites for hydroxylation is 2. The first-order valence-corrected chi connectivity index (χ1v) is 7.94. The Kier molecular flexibility index (Phi) is 5.43. The van der Waals surface area contributed by atoms with Gasteiger partial charge in [0.05, 0.1) is 13.2 Å². The molecule has 2 rings (SSSR count). The fraction of sp³-hybridized carbons (Fsp3) is 0.350. The van der Waals surface area contributed by atoms with Crippen molar-refractivity contribution in [1.82, 2.24) is 5.32 Å². The summed E-state index contributed by atoms with van der Waals surface area (Å²) in [6, 6.07) is 13.7. The van der Waals surface area contributed by atoms with Crippen LogP contribution in [-0.2, 0) is 0 Å². The normalized spacial score (nSPS) is 12.1.